The van der Waals surface area contributed by atoms with Gasteiger partial charge in [-0.2, -0.15) is 4.89 Å². The summed E-state index contributed by atoms with van der Waals surface area (Å²) in [7, 11) is 1.17. The van der Waals surface area contributed by atoms with Crippen molar-refractivity contribution in [1.82, 2.24) is 0 Å². The van der Waals surface area contributed by atoms with Gasteiger partial charge in [0.2, 0.25) is 0 Å². The maximum Gasteiger partial charge on any atom is 0.343 e. The van der Waals surface area contributed by atoms with Crippen LogP contribution in [0.25, 0.3) is 0 Å². The van der Waals surface area contributed by atoms with Crippen molar-refractivity contribution in [3.05, 3.63) is 71.3 Å². The van der Waals surface area contributed by atoms with Gasteiger partial charge in [0.05, 0.1) is 18.2 Å². The number of aromatic hydroxyl groups is 4. The van der Waals surface area contributed by atoms with Gasteiger partial charge in [-0.25, -0.2) is 9.59 Å². The van der Waals surface area contributed by atoms with E-state index in [9.17, 15) is 30.0 Å². The quantitative estimate of drug-likeness (QED) is 0.186. The lowest BCUT2D eigenvalue weighted by atomic mass is 10.2. The molecule has 32 heavy (non-hydrogen) atoms. The number of carbonyl (C=O) groups excluding carboxylic acids is 2. The first-order valence-electron chi connectivity index (χ1n) is 9.03. The summed E-state index contributed by atoms with van der Waals surface area (Å²) >= 11 is 0. The van der Waals surface area contributed by atoms with Gasteiger partial charge in [-0.05, 0) is 42.0 Å². The van der Waals surface area contributed by atoms with Gasteiger partial charge in [0, 0.05) is 18.2 Å². The maximum absolute atomic E-state index is 12.4. The van der Waals surface area contributed by atoms with Gasteiger partial charge in [0.1, 0.15) is 35.4 Å². The van der Waals surface area contributed by atoms with Crippen LogP contribution in [0.5, 0.6) is 34.5 Å². The lowest BCUT2D eigenvalue weighted by Gasteiger charge is -2.11. The summed E-state index contributed by atoms with van der Waals surface area (Å²) in [6, 6.07) is 10.9. The summed E-state index contributed by atoms with van der Waals surface area (Å²) in [5, 5.41) is 38.1. The lowest BCUT2D eigenvalue weighted by molar-refractivity contribution is -0.217. The number of hydrogen-bond donors (Lipinski definition) is 4. The van der Waals surface area contributed by atoms with Crippen LogP contribution in [0.4, 0.5) is 0 Å². The summed E-state index contributed by atoms with van der Waals surface area (Å²) in [5.74, 6) is -2.77. The standard InChI is InChI=1S/C22H18O10/c1-29-21(27)14-6-19(31-22(28)13-4-17(25)9-18(26)5-13)10-20(7-14)32-30-11-12-2-15(23)8-16(24)3-12/h2-10,23-26H,11H2,1H3. The van der Waals surface area contributed by atoms with E-state index in [1.807, 2.05) is 0 Å². The van der Waals surface area contributed by atoms with Crippen molar-refractivity contribution < 1.29 is 49.3 Å². The molecular weight excluding hydrogens is 424 g/mol. The van der Waals surface area contributed by atoms with E-state index in [2.05, 4.69) is 4.74 Å². The Hall–Kier alpha value is -4.44. The van der Waals surface area contributed by atoms with Crippen molar-refractivity contribution in [3.8, 4) is 34.5 Å². The van der Waals surface area contributed by atoms with Crippen LogP contribution in [0.3, 0.4) is 0 Å². The maximum atomic E-state index is 12.4. The Labute approximate surface area is 181 Å². The van der Waals surface area contributed by atoms with E-state index in [0.717, 1.165) is 24.3 Å². The molecule has 0 radical (unpaired) electrons. The minimum absolute atomic E-state index is 0.00911. The number of carbonyl (C=O) groups is 2. The first-order chi connectivity index (χ1) is 15.2. The molecule has 0 saturated carbocycles. The molecule has 0 unspecified atom stereocenters. The number of hydrogen-bond acceptors (Lipinski definition) is 10. The lowest BCUT2D eigenvalue weighted by Crippen LogP contribution is -2.10. The van der Waals surface area contributed by atoms with Gasteiger partial charge in [-0.1, -0.05) is 0 Å². The van der Waals surface area contributed by atoms with E-state index in [1.165, 1.54) is 37.4 Å². The monoisotopic (exact) mass is 442 g/mol. The summed E-state index contributed by atoms with van der Waals surface area (Å²) in [6.45, 7) is -0.165. The molecule has 0 aliphatic rings. The average molecular weight is 442 g/mol. The van der Waals surface area contributed by atoms with Crippen LogP contribution in [-0.4, -0.2) is 39.5 Å². The molecule has 0 saturated heterocycles. The van der Waals surface area contributed by atoms with Crippen LogP contribution in [-0.2, 0) is 16.2 Å². The Balaban J connectivity index is 1.78. The zero-order chi connectivity index (χ0) is 23.3. The van der Waals surface area contributed by atoms with E-state index in [0.29, 0.717) is 5.56 Å². The van der Waals surface area contributed by atoms with Crippen LogP contribution in [0.15, 0.2) is 54.6 Å². The molecule has 0 aromatic heterocycles. The molecule has 0 spiro atoms. The normalized spacial score (nSPS) is 10.4. The number of ether oxygens (including phenoxy) is 2. The van der Waals surface area contributed by atoms with Gasteiger partial charge >= 0.3 is 11.9 Å². The Morgan fingerprint density at radius 3 is 1.81 bits per heavy atom. The second-order valence-corrected chi connectivity index (χ2v) is 6.52. The minimum atomic E-state index is -0.916. The highest BCUT2D eigenvalue weighted by molar-refractivity contribution is 5.93. The molecule has 3 rings (SSSR count). The van der Waals surface area contributed by atoms with Gasteiger partial charge < -0.3 is 34.8 Å². The van der Waals surface area contributed by atoms with E-state index < -0.39 is 11.9 Å². The molecule has 3 aromatic rings. The largest absolute Gasteiger partial charge is 0.508 e. The first-order valence-corrected chi connectivity index (χ1v) is 9.03. The topological polar surface area (TPSA) is 152 Å². The third kappa shape index (κ3) is 5.80. The third-order valence-electron chi connectivity index (χ3n) is 3.99. The third-order valence-corrected chi connectivity index (χ3v) is 3.99. The number of phenolic OH excluding ortho intramolecular Hbond substituents is 4. The smallest absolute Gasteiger partial charge is 0.343 e. The van der Waals surface area contributed by atoms with Gasteiger partial charge in [-0.15, -0.1) is 0 Å². The predicted molar refractivity (Wildman–Crippen MR) is 108 cm³/mol. The fourth-order valence-electron chi connectivity index (χ4n) is 2.70. The number of benzene rings is 3. The molecule has 10 nitrogen and oxygen atoms in total. The molecule has 0 heterocycles. The molecule has 0 aliphatic carbocycles. The molecule has 0 fully saturated rings. The number of rotatable bonds is 7. The molecule has 0 amide bonds. The summed E-state index contributed by atoms with van der Waals surface area (Å²) in [6.07, 6.45) is 0. The van der Waals surface area contributed by atoms with Crippen molar-refractivity contribution >= 4 is 11.9 Å². The van der Waals surface area contributed by atoms with Crippen molar-refractivity contribution in [2.24, 2.45) is 0 Å². The number of esters is 2. The molecule has 3 aromatic carbocycles. The molecule has 0 atom stereocenters. The average Bonchev–Trinajstić information content (AvgIpc) is 2.71. The van der Waals surface area contributed by atoms with Gasteiger partial charge in [0.25, 0.3) is 0 Å². The fourth-order valence-corrected chi connectivity index (χ4v) is 2.70. The zero-order valence-corrected chi connectivity index (χ0v) is 16.6. The Kier molecular flexibility index (Phi) is 6.66. The molecule has 4 N–H and O–H groups in total. The van der Waals surface area contributed by atoms with Crippen LogP contribution in [0.1, 0.15) is 26.3 Å². The minimum Gasteiger partial charge on any atom is -0.508 e. The Morgan fingerprint density at radius 1 is 0.688 bits per heavy atom. The van der Waals surface area contributed by atoms with Crippen LogP contribution < -0.4 is 9.62 Å². The summed E-state index contributed by atoms with van der Waals surface area (Å²) < 4.78 is 9.88. The first kappa shape index (κ1) is 22.2. The fraction of sp³-hybridized carbons (Fsp3) is 0.0909. The van der Waals surface area contributed by atoms with Crippen LogP contribution >= 0.6 is 0 Å². The van der Waals surface area contributed by atoms with E-state index in [1.54, 1.807) is 0 Å². The molecule has 10 heteroatoms. The van der Waals surface area contributed by atoms with Crippen molar-refractivity contribution in [1.29, 1.82) is 0 Å². The van der Waals surface area contributed by atoms with Crippen molar-refractivity contribution in [2.45, 2.75) is 6.61 Å². The highest BCUT2D eigenvalue weighted by atomic mass is 17.2. The van der Waals surface area contributed by atoms with E-state index in [-0.39, 0.29) is 52.2 Å². The Morgan fingerprint density at radius 2 is 1.22 bits per heavy atom. The Bertz CT molecular complexity index is 1110. The van der Waals surface area contributed by atoms with E-state index in [4.69, 9.17) is 14.5 Å². The van der Waals surface area contributed by atoms with Crippen molar-refractivity contribution in [3.63, 3.8) is 0 Å². The highest BCUT2D eigenvalue weighted by Gasteiger charge is 2.16. The van der Waals surface area contributed by atoms with E-state index >= 15 is 0 Å². The van der Waals surface area contributed by atoms with Crippen LogP contribution in [0, 0.1) is 0 Å². The van der Waals surface area contributed by atoms with Gasteiger partial charge in [-0.3, -0.25) is 0 Å². The highest BCUT2D eigenvalue weighted by Crippen LogP contribution is 2.27. The molecule has 0 aliphatic heterocycles. The van der Waals surface area contributed by atoms with Crippen LogP contribution in [0.2, 0.25) is 0 Å². The number of methoxy groups -OCH3 is 1. The second-order valence-electron chi connectivity index (χ2n) is 6.52. The molecule has 0 bridgehead atoms. The van der Waals surface area contributed by atoms with Gasteiger partial charge in [0.15, 0.2) is 5.75 Å². The van der Waals surface area contributed by atoms with Crippen molar-refractivity contribution in [2.75, 3.05) is 7.11 Å². The predicted octanol–water partition coefficient (Wildman–Crippen LogP) is 3.03. The molecule has 166 valence electrons. The second kappa shape index (κ2) is 9.58. The SMILES string of the molecule is COC(=O)c1cc(OOCc2cc(O)cc(O)c2)cc(OC(=O)c2cc(O)cc(O)c2)c1. The molecular formula is C22H18O10. The summed E-state index contributed by atoms with van der Waals surface area (Å²) in [4.78, 5) is 34.5. The number of phenols is 4. The summed E-state index contributed by atoms with van der Waals surface area (Å²) in [5.41, 5.74) is 0.264. The zero-order valence-electron chi connectivity index (χ0n) is 16.6.